The Balaban J connectivity index is 2.12. The lowest BCUT2D eigenvalue weighted by atomic mass is 10.1. The first-order valence-electron chi connectivity index (χ1n) is 6.12. The van der Waals surface area contributed by atoms with Crippen LogP contribution < -0.4 is 10.2 Å². The van der Waals surface area contributed by atoms with Gasteiger partial charge in [0.05, 0.1) is 0 Å². The molecule has 2 heteroatoms. The highest BCUT2D eigenvalue weighted by Crippen LogP contribution is 2.33. The fraction of sp³-hybridized carbons (Fsp3) is 0.571. The zero-order valence-corrected chi connectivity index (χ0v) is 10.7. The van der Waals surface area contributed by atoms with Crippen LogP contribution in [0.3, 0.4) is 0 Å². The molecule has 2 rings (SSSR count). The number of nitrogens with one attached hydrogen (secondary N) is 1. The van der Waals surface area contributed by atoms with E-state index in [0.29, 0.717) is 6.04 Å². The van der Waals surface area contributed by atoms with Gasteiger partial charge < -0.3 is 10.2 Å². The lowest BCUT2D eigenvalue weighted by molar-refractivity contribution is 0.552. The average molecular weight is 218 g/mol. The fourth-order valence-electron chi connectivity index (χ4n) is 2.23. The summed E-state index contributed by atoms with van der Waals surface area (Å²) in [5, 5.41) is 3.69. The maximum atomic E-state index is 3.69. The van der Waals surface area contributed by atoms with Crippen LogP contribution in [-0.2, 0) is 0 Å². The van der Waals surface area contributed by atoms with Crippen LogP contribution in [0.25, 0.3) is 0 Å². The van der Waals surface area contributed by atoms with Crippen molar-refractivity contribution in [2.75, 3.05) is 19.0 Å². The van der Waals surface area contributed by atoms with Gasteiger partial charge in [-0.05, 0) is 30.9 Å². The van der Waals surface area contributed by atoms with Crippen LogP contribution in [0.1, 0.15) is 31.9 Å². The molecule has 1 aliphatic rings. The third-order valence-electron chi connectivity index (χ3n) is 3.46. The van der Waals surface area contributed by atoms with Crippen molar-refractivity contribution in [2.24, 2.45) is 5.92 Å². The lowest BCUT2D eigenvalue weighted by Crippen LogP contribution is -2.24. The van der Waals surface area contributed by atoms with Gasteiger partial charge in [-0.2, -0.15) is 0 Å². The summed E-state index contributed by atoms with van der Waals surface area (Å²) < 4.78 is 0. The molecule has 16 heavy (non-hydrogen) atoms. The molecule has 1 aromatic carbocycles. The lowest BCUT2D eigenvalue weighted by Gasteiger charge is -2.22. The van der Waals surface area contributed by atoms with Gasteiger partial charge in [0.25, 0.3) is 0 Å². The predicted octanol–water partition coefficient (Wildman–Crippen LogP) is 2.81. The molecule has 0 aromatic heterocycles. The topological polar surface area (TPSA) is 15.3 Å². The van der Waals surface area contributed by atoms with Crippen molar-refractivity contribution in [1.29, 1.82) is 0 Å². The van der Waals surface area contributed by atoms with Crippen LogP contribution >= 0.6 is 0 Å². The Bertz CT molecular complexity index is 360. The minimum Gasteiger partial charge on any atom is -0.377 e. The molecule has 0 spiro atoms. The molecule has 0 saturated heterocycles. The Labute approximate surface area is 98.7 Å². The number of hydrogen-bond donors (Lipinski definition) is 1. The number of anilines is 1. The largest absolute Gasteiger partial charge is 0.377 e. The van der Waals surface area contributed by atoms with E-state index in [1.54, 1.807) is 0 Å². The molecule has 3 unspecified atom stereocenters. The van der Waals surface area contributed by atoms with Crippen LogP contribution in [-0.4, -0.2) is 20.1 Å². The molecule has 1 saturated carbocycles. The Kier molecular flexibility index (Phi) is 3.20. The predicted molar refractivity (Wildman–Crippen MR) is 69.9 cm³/mol. The van der Waals surface area contributed by atoms with Crippen molar-refractivity contribution in [1.82, 2.24) is 5.32 Å². The summed E-state index contributed by atoms with van der Waals surface area (Å²) in [5.41, 5.74) is 2.71. The number of benzene rings is 1. The average Bonchev–Trinajstić information content (AvgIpc) is 2.94. The summed E-state index contributed by atoms with van der Waals surface area (Å²) in [5.74, 6) is 0.856. The smallest absolute Gasteiger partial charge is 0.0409 e. The van der Waals surface area contributed by atoms with E-state index >= 15 is 0 Å². The van der Waals surface area contributed by atoms with Crippen LogP contribution in [0.5, 0.6) is 0 Å². The Hall–Kier alpha value is -1.02. The highest BCUT2D eigenvalue weighted by molar-refractivity contribution is 5.53. The normalized spacial score (nSPS) is 25.2. The first-order valence-corrected chi connectivity index (χ1v) is 6.12. The van der Waals surface area contributed by atoms with Crippen molar-refractivity contribution in [3.8, 4) is 0 Å². The highest BCUT2D eigenvalue weighted by Gasteiger charge is 2.33. The van der Waals surface area contributed by atoms with Crippen LogP contribution in [0, 0.1) is 5.92 Å². The van der Waals surface area contributed by atoms with Crippen LogP contribution in [0.2, 0.25) is 0 Å². The van der Waals surface area contributed by atoms with Crippen molar-refractivity contribution in [3.05, 3.63) is 29.8 Å². The van der Waals surface area contributed by atoms with Crippen LogP contribution in [0.4, 0.5) is 5.69 Å². The maximum Gasteiger partial charge on any atom is 0.0409 e. The molecule has 0 bridgehead atoms. The molecule has 0 aliphatic heterocycles. The summed E-state index contributed by atoms with van der Waals surface area (Å²) >= 11 is 0. The molecule has 1 fully saturated rings. The number of rotatable bonds is 4. The third-order valence-corrected chi connectivity index (χ3v) is 3.46. The quantitative estimate of drug-likeness (QED) is 0.836. The minimum absolute atomic E-state index is 0.438. The SMILES string of the molecule is CC(NC1CC1C)c1ccccc1N(C)C. The van der Waals surface area contributed by atoms with E-state index in [9.17, 15) is 0 Å². The van der Waals surface area contributed by atoms with Gasteiger partial charge in [0.15, 0.2) is 0 Å². The minimum atomic E-state index is 0.438. The third kappa shape index (κ3) is 2.38. The summed E-state index contributed by atoms with van der Waals surface area (Å²) in [6, 6.07) is 9.80. The Morgan fingerprint density at radius 2 is 1.94 bits per heavy atom. The van der Waals surface area contributed by atoms with Gasteiger partial charge in [0.2, 0.25) is 0 Å². The molecule has 0 heterocycles. The van der Waals surface area contributed by atoms with Gasteiger partial charge in [-0.15, -0.1) is 0 Å². The fourth-order valence-corrected chi connectivity index (χ4v) is 2.23. The van der Waals surface area contributed by atoms with E-state index in [1.807, 2.05) is 0 Å². The van der Waals surface area contributed by atoms with Crippen molar-refractivity contribution in [2.45, 2.75) is 32.4 Å². The first-order chi connectivity index (χ1) is 7.59. The number of hydrogen-bond acceptors (Lipinski definition) is 2. The van der Waals surface area contributed by atoms with Gasteiger partial charge >= 0.3 is 0 Å². The molecule has 1 N–H and O–H groups in total. The van der Waals surface area contributed by atoms with Gasteiger partial charge in [0, 0.05) is 31.9 Å². The molecule has 2 nitrogen and oxygen atoms in total. The molecule has 88 valence electrons. The van der Waals surface area contributed by atoms with E-state index in [1.165, 1.54) is 17.7 Å². The summed E-state index contributed by atoms with van der Waals surface area (Å²) in [6.45, 7) is 4.57. The summed E-state index contributed by atoms with van der Waals surface area (Å²) in [6.07, 6.45) is 1.33. The highest BCUT2D eigenvalue weighted by atomic mass is 15.1. The molecule has 3 atom stereocenters. The Morgan fingerprint density at radius 3 is 2.50 bits per heavy atom. The maximum absolute atomic E-state index is 3.69. The first kappa shape index (κ1) is 11.5. The van der Waals surface area contributed by atoms with E-state index in [2.05, 4.69) is 62.4 Å². The second kappa shape index (κ2) is 4.46. The van der Waals surface area contributed by atoms with E-state index in [0.717, 1.165) is 12.0 Å². The number of para-hydroxylation sites is 1. The van der Waals surface area contributed by atoms with E-state index in [-0.39, 0.29) is 0 Å². The van der Waals surface area contributed by atoms with Gasteiger partial charge in [-0.25, -0.2) is 0 Å². The number of nitrogens with zero attached hydrogens (tertiary/aromatic N) is 1. The second-order valence-corrected chi connectivity index (χ2v) is 5.16. The van der Waals surface area contributed by atoms with Crippen molar-refractivity contribution < 1.29 is 0 Å². The van der Waals surface area contributed by atoms with Crippen molar-refractivity contribution in [3.63, 3.8) is 0 Å². The van der Waals surface area contributed by atoms with E-state index in [4.69, 9.17) is 0 Å². The van der Waals surface area contributed by atoms with Gasteiger partial charge in [0.1, 0.15) is 0 Å². The summed E-state index contributed by atoms with van der Waals surface area (Å²) in [4.78, 5) is 2.18. The van der Waals surface area contributed by atoms with Gasteiger partial charge in [-0.3, -0.25) is 0 Å². The molecular formula is C14H22N2. The molecule has 0 amide bonds. The van der Waals surface area contributed by atoms with Gasteiger partial charge in [-0.1, -0.05) is 25.1 Å². The van der Waals surface area contributed by atoms with E-state index < -0.39 is 0 Å². The second-order valence-electron chi connectivity index (χ2n) is 5.16. The van der Waals surface area contributed by atoms with Crippen molar-refractivity contribution >= 4 is 5.69 Å². The Morgan fingerprint density at radius 1 is 1.31 bits per heavy atom. The standard InChI is InChI=1S/C14H22N2/c1-10-9-13(10)15-11(2)12-7-5-6-8-14(12)16(3)4/h5-8,10-11,13,15H,9H2,1-4H3. The zero-order valence-electron chi connectivity index (χ0n) is 10.7. The molecule has 0 radical (unpaired) electrons. The molecule has 1 aromatic rings. The monoisotopic (exact) mass is 218 g/mol. The van der Waals surface area contributed by atoms with Crippen LogP contribution in [0.15, 0.2) is 24.3 Å². The summed E-state index contributed by atoms with van der Waals surface area (Å²) in [7, 11) is 4.20. The molecular weight excluding hydrogens is 196 g/mol. The zero-order chi connectivity index (χ0) is 11.7. The molecule has 1 aliphatic carbocycles.